The zero-order valence-electron chi connectivity index (χ0n) is 8.40. The van der Waals surface area contributed by atoms with Gasteiger partial charge in [-0.3, -0.25) is 4.79 Å². The molecule has 0 spiro atoms. The van der Waals surface area contributed by atoms with E-state index in [9.17, 15) is 4.79 Å². The van der Waals surface area contributed by atoms with Gasteiger partial charge >= 0.3 is 0 Å². The van der Waals surface area contributed by atoms with E-state index in [1.165, 1.54) is 0 Å². The third-order valence-electron chi connectivity index (χ3n) is 2.48. The van der Waals surface area contributed by atoms with Crippen molar-refractivity contribution in [2.75, 3.05) is 13.2 Å². The maximum Gasteiger partial charge on any atom is 0.234 e. The molecule has 4 nitrogen and oxygen atoms in total. The molecule has 0 saturated heterocycles. The Hall–Kier alpha value is -1.55. The molecule has 15 heavy (non-hydrogen) atoms. The molecule has 0 bridgehead atoms. The highest BCUT2D eigenvalue weighted by Crippen LogP contribution is 2.31. The molecule has 4 heteroatoms. The first-order valence-electron chi connectivity index (χ1n) is 5.02. The molecule has 1 aliphatic heterocycles. The lowest BCUT2D eigenvalue weighted by atomic mass is 10.0. The molecule has 0 unspecified atom stereocenters. The van der Waals surface area contributed by atoms with E-state index >= 15 is 0 Å². The lowest BCUT2D eigenvalue weighted by Crippen LogP contribution is -2.36. The zero-order chi connectivity index (χ0) is 10.7. The second kappa shape index (κ2) is 4.31. The number of hydrogen-bond acceptors (Lipinski definition) is 3. The van der Waals surface area contributed by atoms with Crippen LogP contribution in [0.4, 0.5) is 0 Å². The van der Waals surface area contributed by atoms with Crippen molar-refractivity contribution in [2.24, 2.45) is 5.73 Å². The van der Waals surface area contributed by atoms with Crippen LogP contribution in [0.2, 0.25) is 0 Å². The highest BCUT2D eigenvalue weighted by atomic mass is 16.5. The van der Waals surface area contributed by atoms with Gasteiger partial charge in [-0.25, -0.2) is 0 Å². The standard InChI is InChI=1S/C11H14N2O2/c12-7-11(14)13-9-5-6-15-10-4-2-1-3-8(9)10/h1-4,9H,5-7,12H2,(H,13,14)/t9-/m1/s1. The Bertz CT molecular complexity index is 365. The van der Waals surface area contributed by atoms with Gasteiger partial charge in [0, 0.05) is 12.0 Å². The fourth-order valence-electron chi connectivity index (χ4n) is 1.75. The van der Waals surface area contributed by atoms with Gasteiger partial charge in [0.2, 0.25) is 5.91 Å². The molecule has 80 valence electrons. The van der Waals surface area contributed by atoms with Crippen LogP contribution < -0.4 is 15.8 Å². The van der Waals surface area contributed by atoms with Gasteiger partial charge in [-0.1, -0.05) is 18.2 Å². The molecule has 0 saturated carbocycles. The topological polar surface area (TPSA) is 64.4 Å². The van der Waals surface area contributed by atoms with E-state index in [-0.39, 0.29) is 18.5 Å². The van der Waals surface area contributed by atoms with Gasteiger partial charge in [0.05, 0.1) is 19.2 Å². The van der Waals surface area contributed by atoms with Crippen molar-refractivity contribution in [1.82, 2.24) is 5.32 Å². The first-order chi connectivity index (χ1) is 7.31. The number of nitrogens with two attached hydrogens (primary N) is 1. The van der Waals surface area contributed by atoms with Gasteiger partial charge < -0.3 is 15.8 Å². The molecule has 1 atom stereocenters. The van der Waals surface area contributed by atoms with Gasteiger partial charge in [0.15, 0.2) is 0 Å². The predicted molar refractivity (Wildman–Crippen MR) is 56.5 cm³/mol. The number of carbonyl (C=O) groups excluding carboxylic acids is 1. The third-order valence-corrected chi connectivity index (χ3v) is 2.48. The highest BCUT2D eigenvalue weighted by Gasteiger charge is 2.21. The van der Waals surface area contributed by atoms with Crippen LogP contribution in [0.25, 0.3) is 0 Å². The number of nitrogens with one attached hydrogen (secondary N) is 1. The van der Waals surface area contributed by atoms with E-state index in [0.717, 1.165) is 17.7 Å². The van der Waals surface area contributed by atoms with Crippen LogP contribution in [0, 0.1) is 0 Å². The maximum absolute atomic E-state index is 11.2. The van der Waals surface area contributed by atoms with Gasteiger partial charge in [0.1, 0.15) is 5.75 Å². The fourth-order valence-corrected chi connectivity index (χ4v) is 1.75. The summed E-state index contributed by atoms with van der Waals surface area (Å²) < 4.78 is 5.49. The first kappa shape index (κ1) is 9.98. The molecular formula is C11H14N2O2. The predicted octanol–water partition coefficient (Wildman–Crippen LogP) is 0.585. The summed E-state index contributed by atoms with van der Waals surface area (Å²) >= 11 is 0. The minimum Gasteiger partial charge on any atom is -0.493 e. The average Bonchev–Trinajstić information content (AvgIpc) is 2.29. The minimum absolute atomic E-state index is 0.0273. The summed E-state index contributed by atoms with van der Waals surface area (Å²) in [6, 6.07) is 7.78. The van der Waals surface area contributed by atoms with E-state index in [0.29, 0.717) is 6.61 Å². The highest BCUT2D eigenvalue weighted by molar-refractivity contribution is 5.78. The quantitative estimate of drug-likeness (QED) is 0.744. The smallest absolute Gasteiger partial charge is 0.234 e. The summed E-state index contributed by atoms with van der Waals surface area (Å²) in [7, 11) is 0. The summed E-state index contributed by atoms with van der Waals surface area (Å²) in [6.45, 7) is 0.659. The molecular weight excluding hydrogens is 192 g/mol. The second-order valence-electron chi connectivity index (χ2n) is 3.50. The Morgan fingerprint density at radius 1 is 1.53 bits per heavy atom. The van der Waals surface area contributed by atoms with Crippen LogP contribution in [0.5, 0.6) is 5.75 Å². The van der Waals surface area contributed by atoms with Gasteiger partial charge in [-0.05, 0) is 6.07 Å². The van der Waals surface area contributed by atoms with Crippen LogP contribution in [0.3, 0.4) is 0 Å². The molecule has 3 N–H and O–H groups in total. The summed E-state index contributed by atoms with van der Waals surface area (Å²) in [5.41, 5.74) is 6.30. The monoisotopic (exact) mass is 206 g/mol. The summed E-state index contributed by atoms with van der Waals surface area (Å²) in [4.78, 5) is 11.2. The Balaban J connectivity index is 2.18. The van der Waals surface area contributed by atoms with Crippen LogP contribution in [0.1, 0.15) is 18.0 Å². The van der Waals surface area contributed by atoms with Crippen LogP contribution in [-0.2, 0) is 4.79 Å². The number of fused-ring (bicyclic) bond motifs is 1. The van der Waals surface area contributed by atoms with Crippen molar-refractivity contribution in [3.05, 3.63) is 29.8 Å². The van der Waals surface area contributed by atoms with E-state index in [1.807, 2.05) is 24.3 Å². The second-order valence-corrected chi connectivity index (χ2v) is 3.50. The van der Waals surface area contributed by atoms with E-state index < -0.39 is 0 Å². The average molecular weight is 206 g/mol. The molecule has 1 aliphatic rings. The first-order valence-corrected chi connectivity index (χ1v) is 5.02. The lowest BCUT2D eigenvalue weighted by Gasteiger charge is -2.26. The van der Waals surface area contributed by atoms with Crippen molar-refractivity contribution in [2.45, 2.75) is 12.5 Å². The number of amides is 1. The molecule has 1 aromatic carbocycles. The minimum atomic E-state index is -0.128. The summed E-state index contributed by atoms with van der Waals surface area (Å²) in [6.07, 6.45) is 0.794. The van der Waals surface area contributed by atoms with E-state index in [4.69, 9.17) is 10.5 Å². The molecule has 0 aromatic heterocycles. The number of hydrogen-bond donors (Lipinski definition) is 2. The zero-order valence-corrected chi connectivity index (χ0v) is 8.40. The van der Waals surface area contributed by atoms with Crippen LogP contribution in [-0.4, -0.2) is 19.1 Å². The van der Waals surface area contributed by atoms with Gasteiger partial charge in [0.25, 0.3) is 0 Å². The number of rotatable bonds is 2. The number of para-hydroxylation sites is 1. The summed E-state index contributed by atoms with van der Waals surface area (Å²) in [5, 5.41) is 2.88. The molecule has 0 aliphatic carbocycles. The van der Waals surface area contributed by atoms with Crippen molar-refractivity contribution in [3.63, 3.8) is 0 Å². The third kappa shape index (κ3) is 2.10. The largest absolute Gasteiger partial charge is 0.493 e. The number of ether oxygens (including phenoxy) is 1. The molecule has 1 heterocycles. The van der Waals surface area contributed by atoms with Crippen LogP contribution >= 0.6 is 0 Å². The number of benzene rings is 1. The van der Waals surface area contributed by atoms with Crippen molar-refractivity contribution < 1.29 is 9.53 Å². The van der Waals surface area contributed by atoms with Crippen LogP contribution in [0.15, 0.2) is 24.3 Å². The Kier molecular flexibility index (Phi) is 2.87. The Labute approximate surface area is 88.4 Å². The Morgan fingerprint density at radius 2 is 2.33 bits per heavy atom. The molecule has 0 radical (unpaired) electrons. The van der Waals surface area contributed by atoms with E-state index in [2.05, 4.69) is 5.32 Å². The molecule has 2 rings (SSSR count). The lowest BCUT2D eigenvalue weighted by molar-refractivity contribution is -0.120. The van der Waals surface area contributed by atoms with Gasteiger partial charge in [-0.2, -0.15) is 0 Å². The molecule has 0 fully saturated rings. The number of carbonyl (C=O) groups is 1. The molecule has 1 amide bonds. The summed E-state index contributed by atoms with van der Waals surface area (Å²) in [5.74, 6) is 0.725. The Morgan fingerprint density at radius 3 is 3.13 bits per heavy atom. The molecule has 1 aromatic rings. The SMILES string of the molecule is NCC(=O)N[C@@H]1CCOc2ccccc21. The fraction of sp³-hybridized carbons (Fsp3) is 0.364. The maximum atomic E-state index is 11.2. The van der Waals surface area contributed by atoms with Gasteiger partial charge in [-0.15, -0.1) is 0 Å². The van der Waals surface area contributed by atoms with Crippen molar-refractivity contribution in [1.29, 1.82) is 0 Å². The van der Waals surface area contributed by atoms with Crippen molar-refractivity contribution in [3.8, 4) is 5.75 Å². The van der Waals surface area contributed by atoms with Crippen molar-refractivity contribution >= 4 is 5.91 Å². The van der Waals surface area contributed by atoms with E-state index in [1.54, 1.807) is 0 Å². The normalized spacial score (nSPS) is 18.9.